The number of carbonyl (C=O) groups excluding carboxylic acids is 1. The standard InChI is InChI=1S/C17H21NO4/c1-11-2-4-12(5-3-11)22-13-6-8-18(9-7-13)16(19)14-10-15(14)17(20)21/h2-5,13-15H,6-10H2,1H3,(H,20,21)/t14-,15+/m1/s1. The van der Waals surface area contributed by atoms with E-state index in [9.17, 15) is 9.59 Å². The second-order valence-corrected chi connectivity index (χ2v) is 6.24. The van der Waals surface area contributed by atoms with Crippen molar-refractivity contribution in [3.8, 4) is 5.75 Å². The molecule has 118 valence electrons. The second-order valence-electron chi connectivity index (χ2n) is 6.24. The van der Waals surface area contributed by atoms with Crippen LogP contribution in [0.1, 0.15) is 24.8 Å². The summed E-state index contributed by atoms with van der Waals surface area (Å²) in [6.07, 6.45) is 2.21. The molecular weight excluding hydrogens is 282 g/mol. The first-order valence-corrected chi connectivity index (χ1v) is 7.79. The van der Waals surface area contributed by atoms with Gasteiger partial charge in [0, 0.05) is 25.9 Å². The molecule has 2 aliphatic rings. The lowest BCUT2D eigenvalue weighted by Gasteiger charge is -2.32. The SMILES string of the molecule is Cc1ccc(OC2CCN(C(=O)[C@@H]3C[C@@H]3C(=O)O)CC2)cc1. The molecule has 22 heavy (non-hydrogen) atoms. The molecule has 3 rings (SSSR count). The van der Waals surface area contributed by atoms with Crippen LogP contribution in [-0.4, -0.2) is 41.1 Å². The number of piperidine rings is 1. The molecule has 5 heteroatoms. The van der Waals surface area contributed by atoms with Crippen molar-refractivity contribution in [1.82, 2.24) is 4.90 Å². The summed E-state index contributed by atoms with van der Waals surface area (Å²) < 4.78 is 5.94. The molecule has 1 aliphatic carbocycles. The Labute approximate surface area is 129 Å². The Morgan fingerprint density at radius 1 is 1.14 bits per heavy atom. The fourth-order valence-corrected chi connectivity index (χ4v) is 2.98. The highest BCUT2D eigenvalue weighted by Crippen LogP contribution is 2.40. The van der Waals surface area contributed by atoms with Gasteiger partial charge in [-0.15, -0.1) is 0 Å². The number of amides is 1. The average molecular weight is 303 g/mol. The molecule has 0 aromatic heterocycles. The van der Waals surface area contributed by atoms with Crippen molar-refractivity contribution in [2.75, 3.05) is 13.1 Å². The Morgan fingerprint density at radius 2 is 1.77 bits per heavy atom. The predicted molar refractivity (Wildman–Crippen MR) is 80.6 cm³/mol. The normalized spacial score (nSPS) is 24.9. The highest BCUT2D eigenvalue weighted by molar-refractivity contribution is 5.89. The summed E-state index contributed by atoms with van der Waals surface area (Å²) >= 11 is 0. The van der Waals surface area contributed by atoms with E-state index in [0.717, 1.165) is 18.6 Å². The van der Waals surface area contributed by atoms with Crippen molar-refractivity contribution in [3.05, 3.63) is 29.8 Å². The molecule has 0 radical (unpaired) electrons. The maximum atomic E-state index is 12.2. The fraction of sp³-hybridized carbons (Fsp3) is 0.529. The molecule has 1 aliphatic heterocycles. The summed E-state index contributed by atoms with van der Waals surface area (Å²) in [6, 6.07) is 7.98. The number of rotatable bonds is 4. The van der Waals surface area contributed by atoms with Crippen molar-refractivity contribution in [1.29, 1.82) is 0 Å². The number of ether oxygens (including phenoxy) is 1. The number of carboxylic acid groups (broad SMARTS) is 1. The van der Waals surface area contributed by atoms with Crippen LogP contribution in [0.4, 0.5) is 0 Å². The molecule has 1 heterocycles. The van der Waals surface area contributed by atoms with Crippen LogP contribution in [0.15, 0.2) is 24.3 Å². The van der Waals surface area contributed by atoms with Crippen LogP contribution in [0.25, 0.3) is 0 Å². The van der Waals surface area contributed by atoms with E-state index in [2.05, 4.69) is 0 Å². The van der Waals surface area contributed by atoms with Crippen molar-refractivity contribution < 1.29 is 19.4 Å². The summed E-state index contributed by atoms with van der Waals surface area (Å²) in [4.78, 5) is 24.8. The predicted octanol–water partition coefficient (Wildman–Crippen LogP) is 2.09. The van der Waals surface area contributed by atoms with Gasteiger partial charge in [-0.25, -0.2) is 0 Å². The van der Waals surface area contributed by atoms with Crippen LogP contribution in [-0.2, 0) is 9.59 Å². The lowest BCUT2D eigenvalue weighted by Crippen LogP contribution is -2.42. The Morgan fingerprint density at radius 3 is 2.32 bits per heavy atom. The number of benzene rings is 1. The van der Waals surface area contributed by atoms with Crippen LogP contribution in [0, 0.1) is 18.8 Å². The van der Waals surface area contributed by atoms with Crippen molar-refractivity contribution >= 4 is 11.9 Å². The zero-order valence-electron chi connectivity index (χ0n) is 12.7. The first-order chi connectivity index (χ1) is 10.5. The Hall–Kier alpha value is -2.04. The molecule has 2 atom stereocenters. The van der Waals surface area contributed by atoms with Gasteiger partial charge in [-0.3, -0.25) is 9.59 Å². The Bertz CT molecular complexity index is 561. The number of nitrogens with zero attached hydrogens (tertiary/aromatic N) is 1. The van der Waals surface area contributed by atoms with E-state index in [-0.39, 0.29) is 17.9 Å². The molecule has 1 aromatic carbocycles. The van der Waals surface area contributed by atoms with E-state index in [0.29, 0.717) is 19.5 Å². The minimum absolute atomic E-state index is 0.00110. The van der Waals surface area contributed by atoms with Gasteiger partial charge in [0.15, 0.2) is 0 Å². The van der Waals surface area contributed by atoms with E-state index in [1.54, 1.807) is 4.90 Å². The van der Waals surface area contributed by atoms with Gasteiger partial charge < -0.3 is 14.7 Å². The fourth-order valence-electron chi connectivity index (χ4n) is 2.98. The topological polar surface area (TPSA) is 66.8 Å². The Balaban J connectivity index is 1.47. The van der Waals surface area contributed by atoms with Crippen molar-refractivity contribution in [3.63, 3.8) is 0 Å². The molecule has 1 N–H and O–H groups in total. The lowest BCUT2D eigenvalue weighted by molar-refractivity contribution is -0.142. The zero-order valence-corrected chi connectivity index (χ0v) is 12.7. The van der Waals surface area contributed by atoms with Crippen LogP contribution in [0.2, 0.25) is 0 Å². The van der Waals surface area contributed by atoms with Crippen LogP contribution >= 0.6 is 0 Å². The molecule has 1 aromatic rings. The van der Waals surface area contributed by atoms with Gasteiger partial charge in [-0.05, 0) is 25.5 Å². The summed E-state index contributed by atoms with van der Waals surface area (Å²) in [5.41, 5.74) is 1.20. The molecule has 2 fully saturated rings. The van der Waals surface area contributed by atoms with Crippen LogP contribution < -0.4 is 4.74 Å². The smallest absolute Gasteiger partial charge is 0.307 e. The summed E-state index contributed by atoms with van der Waals surface area (Å²) in [7, 11) is 0. The third-order valence-electron chi connectivity index (χ3n) is 4.50. The molecule has 1 saturated carbocycles. The highest BCUT2D eigenvalue weighted by atomic mass is 16.5. The number of likely N-dealkylation sites (tertiary alicyclic amines) is 1. The molecule has 0 bridgehead atoms. The minimum Gasteiger partial charge on any atom is -0.490 e. The van der Waals surface area contributed by atoms with Gasteiger partial charge in [-0.2, -0.15) is 0 Å². The van der Waals surface area contributed by atoms with E-state index < -0.39 is 11.9 Å². The number of hydrogen-bond donors (Lipinski definition) is 1. The summed E-state index contributed by atoms with van der Waals surface area (Å²) in [5, 5.41) is 8.91. The van der Waals surface area contributed by atoms with Gasteiger partial charge in [0.1, 0.15) is 11.9 Å². The monoisotopic (exact) mass is 303 g/mol. The third-order valence-corrected chi connectivity index (χ3v) is 4.50. The quantitative estimate of drug-likeness (QED) is 0.925. The Kier molecular flexibility index (Phi) is 4.05. The number of hydrogen-bond acceptors (Lipinski definition) is 3. The maximum Gasteiger partial charge on any atom is 0.307 e. The number of carbonyl (C=O) groups is 2. The first kappa shape index (κ1) is 14.9. The van der Waals surface area contributed by atoms with Gasteiger partial charge >= 0.3 is 5.97 Å². The average Bonchev–Trinajstić information content (AvgIpc) is 3.30. The number of aliphatic carboxylic acids is 1. The molecule has 0 unspecified atom stereocenters. The van der Waals surface area contributed by atoms with Gasteiger partial charge in [0.05, 0.1) is 11.8 Å². The van der Waals surface area contributed by atoms with Crippen molar-refractivity contribution in [2.45, 2.75) is 32.3 Å². The van der Waals surface area contributed by atoms with Gasteiger partial charge in [-0.1, -0.05) is 17.7 Å². The number of carboxylic acids is 1. The van der Waals surface area contributed by atoms with Crippen LogP contribution in [0.5, 0.6) is 5.75 Å². The van der Waals surface area contributed by atoms with Crippen molar-refractivity contribution in [2.24, 2.45) is 11.8 Å². The van der Waals surface area contributed by atoms with E-state index in [1.807, 2.05) is 31.2 Å². The largest absolute Gasteiger partial charge is 0.490 e. The first-order valence-electron chi connectivity index (χ1n) is 7.79. The summed E-state index contributed by atoms with van der Waals surface area (Å²) in [5.74, 6) is -0.748. The third kappa shape index (κ3) is 3.24. The van der Waals surface area contributed by atoms with E-state index in [1.165, 1.54) is 5.56 Å². The second kappa shape index (κ2) is 5.99. The van der Waals surface area contributed by atoms with Gasteiger partial charge in [0.2, 0.25) is 5.91 Å². The molecule has 0 spiro atoms. The molecule has 1 amide bonds. The number of aryl methyl sites for hydroxylation is 1. The summed E-state index contributed by atoms with van der Waals surface area (Å²) in [6.45, 7) is 3.34. The van der Waals surface area contributed by atoms with E-state index in [4.69, 9.17) is 9.84 Å². The lowest BCUT2D eigenvalue weighted by atomic mass is 10.1. The molecular formula is C17H21NO4. The maximum absolute atomic E-state index is 12.2. The zero-order chi connectivity index (χ0) is 15.7. The van der Waals surface area contributed by atoms with Gasteiger partial charge in [0.25, 0.3) is 0 Å². The van der Waals surface area contributed by atoms with Crippen LogP contribution in [0.3, 0.4) is 0 Å². The molecule has 5 nitrogen and oxygen atoms in total. The van der Waals surface area contributed by atoms with E-state index >= 15 is 0 Å². The minimum atomic E-state index is -0.851. The highest BCUT2D eigenvalue weighted by Gasteiger charge is 2.50. The molecule has 1 saturated heterocycles.